The minimum Gasteiger partial charge on any atom is -0.357 e. The second kappa shape index (κ2) is 10.9. The maximum absolute atomic E-state index is 13.1. The number of aliphatic imine (C=N–C) groups is 1. The van der Waals surface area contributed by atoms with E-state index in [0.29, 0.717) is 6.54 Å². The lowest BCUT2D eigenvalue weighted by Gasteiger charge is -2.31. The van der Waals surface area contributed by atoms with E-state index in [0.717, 1.165) is 36.6 Å². The normalized spacial score (nSPS) is 12.1. The van der Waals surface area contributed by atoms with Gasteiger partial charge in [0.1, 0.15) is 5.82 Å². The van der Waals surface area contributed by atoms with E-state index in [1.54, 1.807) is 6.07 Å². The van der Waals surface area contributed by atoms with Crippen molar-refractivity contribution < 1.29 is 4.39 Å². The molecular weight excluding hydrogens is 418 g/mol. The van der Waals surface area contributed by atoms with Crippen LogP contribution >= 0.6 is 24.0 Å². The van der Waals surface area contributed by atoms with Gasteiger partial charge in [-0.15, -0.1) is 24.0 Å². The number of hydrogen-bond donors (Lipinski definition) is 2. The molecule has 0 unspecified atom stereocenters. The van der Waals surface area contributed by atoms with Crippen molar-refractivity contribution in [2.45, 2.75) is 39.7 Å². The number of rotatable bonds is 7. The standard InChI is InChI=1S/C18H31FN4.HI/c1-7-20-17(22-13-18(3,4)23(5)6)21-11-10-15-8-9-16(19)12-14(15)2;/h8-9,12H,7,10-11,13H2,1-6H3,(H2,20,21,22);1H. The van der Waals surface area contributed by atoms with Gasteiger partial charge in [0.15, 0.2) is 5.96 Å². The number of nitrogens with zero attached hydrogens (tertiary/aromatic N) is 2. The van der Waals surface area contributed by atoms with Crippen molar-refractivity contribution in [1.29, 1.82) is 0 Å². The lowest BCUT2D eigenvalue weighted by atomic mass is 10.1. The average Bonchev–Trinajstić information content (AvgIpc) is 2.46. The van der Waals surface area contributed by atoms with Crippen LogP contribution in [0.3, 0.4) is 0 Å². The number of hydrogen-bond acceptors (Lipinski definition) is 2. The van der Waals surface area contributed by atoms with E-state index in [2.05, 4.69) is 55.4 Å². The average molecular weight is 450 g/mol. The summed E-state index contributed by atoms with van der Waals surface area (Å²) in [4.78, 5) is 6.84. The Balaban J connectivity index is 0.00000529. The number of aryl methyl sites for hydroxylation is 1. The first kappa shape index (κ1) is 23.1. The van der Waals surface area contributed by atoms with Crippen molar-refractivity contribution in [2.75, 3.05) is 33.7 Å². The number of halogens is 2. The quantitative estimate of drug-likeness (QED) is 0.381. The van der Waals surface area contributed by atoms with E-state index in [1.807, 2.05) is 13.0 Å². The first-order chi connectivity index (χ1) is 10.8. The fraction of sp³-hybridized carbons (Fsp3) is 0.611. The zero-order valence-electron chi connectivity index (χ0n) is 15.7. The van der Waals surface area contributed by atoms with E-state index in [-0.39, 0.29) is 35.3 Å². The van der Waals surface area contributed by atoms with Crippen LogP contribution in [0.4, 0.5) is 4.39 Å². The summed E-state index contributed by atoms with van der Waals surface area (Å²) in [7, 11) is 4.13. The van der Waals surface area contributed by atoms with Gasteiger partial charge in [-0.3, -0.25) is 4.99 Å². The van der Waals surface area contributed by atoms with Gasteiger partial charge in [-0.05, 0) is 71.5 Å². The highest BCUT2D eigenvalue weighted by molar-refractivity contribution is 14.0. The highest BCUT2D eigenvalue weighted by atomic mass is 127. The molecule has 1 aromatic rings. The van der Waals surface area contributed by atoms with Gasteiger partial charge in [-0.1, -0.05) is 6.07 Å². The molecule has 138 valence electrons. The Morgan fingerprint density at radius 3 is 2.46 bits per heavy atom. The van der Waals surface area contributed by atoms with Crippen LogP contribution in [0.2, 0.25) is 0 Å². The van der Waals surface area contributed by atoms with E-state index in [4.69, 9.17) is 0 Å². The molecule has 0 fully saturated rings. The van der Waals surface area contributed by atoms with Gasteiger partial charge in [0.2, 0.25) is 0 Å². The fourth-order valence-electron chi connectivity index (χ4n) is 2.01. The van der Waals surface area contributed by atoms with Gasteiger partial charge in [0.25, 0.3) is 0 Å². The van der Waals surface area contributed by atoms with Crippen molar-refractivity contribution in [3.8, 4) is 0 Å². The molecule has 0 amide bonds. The molecule has 0 aliphatic heterocycles. The Bertz CT molecular complexity index is 530. The molecule has 0 heterocycles. The van der Waals surface area contributed by atoms with Crippen molar-refractivity contribution >= 4 is 29.9 Å². The predicted molar refractivity (Wildman–Crippen MR) is 112 cm³/mol. The summed E-state index contributed by atoms with van der Waals surface area (Å²) >= 11 is 0. The minimum atomic E-state index is -0.181. The van der Waals surface area contributed by atoms with Gasteiger partial charge >= 0.3 is 0 Å². The molecule has 0 spiro atoms. The highest BCUT2D eigenvalue weighted by Crippen LogP contribution is 2.11. The van der Waals surface area contributed by atoms with Crippen molar-refractivity contribution in [3.63, 3.8) is 0 Å². The number of nitrogens with one attached hydrogen (secondary N) is 2. The number of guanidine groups is 1. The summed E-state index contributed by atoms with van der Waals surface area (Å²) in [6.45, 7) is 10.6. The van der Waals surface area contributed by atoms with Crippen LogP contribution in [-0.2, 0) is 6.42 Å². The molecule has 1 aromatic carbocycles. The van der Waals surface area contributed by atoms with Crippen molar-refractivity contribution in [1.82, 2.24) is 15.5 Å². The predicted octanol–water partition coefficient (Wildman–Crippen LogP) is 3.19. The summed E-state index contributed by atoms with van der Waals surface area (Å²) in [6, 6.07) is 4.95. The molecule has 1 rings (SSSR count). The Morgan fingerprint density at radius 1 is 1.25 bits per heavy atom. The molecule has 0 radical (unpaired) electrons. The zero-order valence-corrected chi connectivity index (χ0v) is 18.1. The largest absolute Gasteiger partial charge is 0.357 e. The maximum atomic E-state index is 13.1. The molecule has 2 N–H and O–H groups in total. The summed E-state index contributed by atoms with van der Waals surface area (Å²) in [5, 5.41) is 6.61. The first-order valence-corrected chi connectivity index (χ1v) is 8.21. The SMILES string of the molecule is CCNC(=NCC(C)(C)N(C)C)NCCc1ccc(F)cc1C.I. The van der Waals surface area contributed by atoms with Crippen LogP contribution < -0.4 is 10.6 Å². The minimum absolute atomic E-state index is 0. The molecule has 6 heteroatoms. The van der Waals surface area contributed by atoms with E-state index < -0.39 is 0 Å². The summed E-state index contributed by atoms with van der Waals surface area (Å²) in [6.07, 6.45) is 0.841. The number of likely N-dealkylation sites (N-methyl/N-ethyl adjacent to an activating group) is 1. The molecule has 0 aliphatic carbocycles. The van der Waals surface area contributed by atoms with Crippen LogP contribution in [-0.4, -0.2) is 50.1 Å². The van der Waals surface area contributed by atoms with E-state index >= 15 is 0 Å². The second-order valence-electron chi connectivity index (χ2n) is 6.65. The van der Waals surface area contributed by atoms with Gasteiger partial charge in [-0.25, -0.2) is 4.39 Å². The van der Waals surface area contributed by atoms with Gasteiger partial charge in [0, 0.05) is 18.6 Å². The van der Waals surface area contributed by atoms with Crippen LogP contribution in [0, 0.1) is 12.7 Å². The fourth-order valence-corrected chi connectivity index (χ4v) is 2.01. The Kier molecular flexibility index (Phi) is 10.5. The van der Waals surface area contributed by atoms with Gasteiger partial charge in [0.05, 0.1) is 6.54 Å². The third-order valence-corrected chi connectivity index (χ3v) is 4.17. The summed E-state index contributed by atoms with van der Waals surface area (Å²) < 4.78 is 13.1. The first-order valence-electron chi connectivity index (χ1n) is 8.21. The summed E-state index contributed by atoms with van der Waals surface area (Å²) in [5.41, 5.74) is 2.15. The Hall–Kier alpha value is -0.890. The van der Waals surface area contributed by atoms with Crippen LogP contribution in [0.5, 0.6) is 0 Å². The Morgan fingerprint density at radius 2 is 1.92 bits per heavy atom. The molecule has 4 nitrogen and oxygen atoms in total. The third-order valence-electron chi connectivity index (χ3n) is 4.17. The smallest absolute Gasteiger partial charge is 0.191 e. The molecular formula is C18H32FIN4. The van der Waals surface area contributed by atoms with Crippen LogP contribution in [0.15, 0.2) is 23.2 Å². The third kappa shape index (κ3) is 7.79. The molecule has 0 saturated heterocycles. The monoisotopic (exact) mass is 450 g/mol. The molecule has 0 saturated carbocycles. The molecule has 0 aliphatic rings. The molecule has 0 atom stereocenters. The number of benzene rings is 1. The topological polar surface area (TPSA) is 39.7 Å². The second-order valence-corrected chi connectivity index (χ2v) is 6.65. The van der Waals surface area contributed by atoms with Crippen LogP contribution in [0.25, 0.3) is 0 Å². The van der Waals surface area contributed by atoms with Crippen molar-refractivity contribution in [2.24, 2.45) is 4.99 Å². The van der Waals surface area contributed by atoms with E-state index in [9.17, 15) is 4.39 Å². The molecule has 0 bridgehead atoms. The van der Waals surface area contributed by atoms with Gasteiger partial charge in [-0.2, -0.15) is 0 Å². The van der Waals surface area contributed by atoms with E-state index in [1.165, 1.54) is 6.07 Å². The van der Waals surface area contributed by atoms with Crippen LogP contribution in [0.1, 0.15) is 31.9 Å². The summed E-state index contributed by atoms with van der Waals surface area (Å²) in [5.74, 6) is 0.641. The van der Waals surface area contributed by atoms with Crippen molar-refractivity contribution in [3.05, 3.63) is 35.1 Å². The Labute approximate surface area is 163 Å². The lowest BCUT2D eigenvalue weighted by molar-refractivity contribution is 0.204. The van der Waals surface area contributed by atoms with Gasteiger partial charge < -0.3 is 15.5 Å². The lowest BCUT2D eigenvalue weighted by Crippen LogP contribution is -2.44. The molecule has 0 aromatic heterocycles. The molecule has 24 heavy (non-hydrogen) atoms. The zero-order chi connectivity index (χ0) is 17.5. The maximum Gasteiger partial charge on any atom is 0.191 e. The highest BCUT2D eigenvalue weighted by Gasteiger charge is 2.19.